The molecule has 0 bridgehead atoms. The zero-order chi connectivity index (χ0) is 23.4. The highest BCUT2D eigenvalue weighted by molar-refractivity contribution is 6.42. The minimum Gasteiger partial charge on any atom is -0.460 e. The molecule has 5 atom stereocenters. The molecule has 4 unspecified atom stereocenters. The van der Waals surface area contributed by atoms with E-state index in [2.05, 4.69) is 0 Å². The Kier molecular flexibility index (Phi) is 6.47. The van der Waals surface area contributed by atoms with Crippen LogP contribution in [0, 0.1) is 23.2 Å². The number of hydrogen-bond donors (Lipinski definition) is 0. The van der Waals surface area contributed by atoms with Gasteiger partial charge in [-0.1, -0.05) is 29.3 Å². The van der Waals surface area contributed by atoms with Crippen LogP contribution in [0.25, 0.3) is 0 Å². The van der Waals surface area contributed by atoms with Crippen molar-refractivity contribution in [1.29, 1.82) is 0 Å². The third kappa shape index (κ3) is 5.20. The highest BCUT2D eigenvalue weighted by Gasteiger charge is 2.74. The van der Waals surface area contributed by atoms with E-state index in [0.29, 0.717) is 16.5 Å². The number of benzene rings is 1. The van der Waals surface area contributed by atoms with Gasteiger partial charge in [-0.25, -0.2) is 0 Å². The van der Waals surface area contributed by atoms with E-state index in [4.69, 9.17) is 37.4 Å². The average Bonchev–Trinajstić information content (AvgIpc) is 3.25. The van der Waals surface area contributed by atoms with Crippen LogP contribution in [0.5, 0.6) is 0 Å². The summed E-state index contributed by atoms with van der Waals surface area (Å²) >= 11 is 12.1. The van der Waals surface area contributed by atoms with E-state index in [1.54, 1.807) is 12.1 Å². The summed E-state index contributed by atoms with van der Waals surface area (Å²) in [7, 11) is 0. The molecule has 2 aliphatic carbocycles. The first kappa shape index (κ1) is 24.3. The van der Waals surface area contributed by atoms with Gasteiger partial charge in [-0.2, -0.15) is 0 Å². The molecule has 0 saturated heterocycles. The van der Waals surface area contributed by atoms with Gasteiger partial charge in [0.15, 0.2) is 0 Å². The SMILES string of the molecule is CC(C)(C)OC(=O)C1C2CC(OCc3ccc(Cl)c(Cl)c3)[C@@](C)(C(=O)OC(C)(C)C)C21. The van der Waals surface area contributed by atoms with Crippen molar-refractivity contribution in [2.75, 3.05) is 0 Å². The number of carbonyl (C=O) groups is 2. The van der Waals surface area contributed by atoms with Crippen LogP contribution >= 0.6 is 23.2 Å². The van der Waals surface area contributed by atoms with Gasteiger partial charge in [-0.05, 0) is 84.4 Å². The molecule has 0 aromatic heterocycles. The van der Waals surface area contributed by atoms with Gasteiger partial charge in [-0.3, -0.25) is 9.59 Å². The van der Waals surface area contributed by atoms with Crippen molar-refractivity contribution in [2.45, 2.75) is 78.8 Å². The van der Waals surface area contributed by atoms with Gasteiger partial charge in [0.2, 0.25) is 0 Å². The summed E-state index contributed by atoms with van der Waals surface area (Å²) in [4.78, 5) is 26.0. The van der Waals surface area contributed by atoms with Crippen LogP contribution in [0.15, 0.2) is 18.2 Å². The average molecular weight is 471 g/mol. The van der Waals surface area contributed by atoms with Crippen molar-refractivity contribution in [3.8, 4) is 0 Å². The van der Waals surface area contributed by atoms with Crippen molar-refractivity contribution in [2.24, 2.45) is 23.2 Å². The van der Waals surface area contributed by atoms with Crippen LogP contribution in [0.4, 0.5) is 0 Å². The lowest BCUT2D eigenvalue weighted by atomic mass is 9.80. The number of ether oxygens (including phenoxy) is 3. The monoisotopic (exact) mass is 470 g/mol. The Hall–Kier alpha value is -1.30. The molecular weight excluding hydrogens is 439 g/mol. The van der Waals surface area contributed by atoms with E-state index in [-0.39, 0.29) is 42.4 Å². The van der Waals surface area contributed by atoms with Crippen LogP contribution in [0.1, 0.15) is 60.5 Å². The lowest BCUT2D eigenvalue weighted by Crippen LogP contribution is -2.46. The first-order chi connectivity index (χ1) is 14.1. The number of rotatable bonds is 5. The van der Waals surface area contributed by atoms with Crippen molar-refractivity contribution in [1.82, 2.24) is 0 Å². The largest absolute Gasteiger partial charge is 0.460 e. The number of esters is 2. The summed E-state index contributed by atoms with van der Waals surface area (Å²) in [5, 5.41) is 0.934. The molecule has 1 aromatic carbocycles. The molecule has 0 amide bonds. The number of hydrogen-bond acceptors (Lipinski definition) is 5. The molecule has 5 nitrogen and oxygen atoms in total. The number of fused-ring (bicyclic) bond motifs is 1. The van der Waals surface area contributed by atoms with Gasteiger partial charge in [0.1, 0.15) is 11.2 Å². The van der Waals surface area contributed by atoms with Gasteiger partial charge in [0.05, 0.1) is 34.1 Å². The predicted molar refractivity (Wildman–Crippen MR) is 120 cm³/mol. The Bertz CT molecular complexity index is 870. The van der Waals surface area contributed by atoms with Gasteiger partial charge in [0, 0.05) is 0 Å². The van der Waals surface area contributed by atoms with Crippen molar-refractivity contribution >= 4 is 35.1 Å². The summed E-state index contributed by atoms with van der Waals surface area (Å²) in [5.41, 5.74) is -1.27. The molecule has 1 aromatic rings. The Morgan fingerprint density at radius 1 is 1.03 bits per heavy atom. The normalized spacial score (nSPS) is 30.0. The third-order valence-corrected chi connectivity index (χ3v) is 6.71. The molecule has 3 rings (SSSR count). The molecule has 2 aliphatic rings. The highest BCUT2D eigenvalue weighted by atomic mass is 35.5. The predicted octanol–water partition coefficient (Wildman–Crippen LogP) is 5.83. The van der Waals surface area contributed by atoms with E-state index in [0.717, 1.165) is 5.56 Å². The maximum absolute atomic E-state index is 13.3. The molecular formula is C24H32Cl2O5. The first-order valence-corrected chi connectivity index (χ1v) is 11.4. The van der Waals surface area contributed by atoms with Crippen LogP contribution in [0.2, 0.25) is 10.0 Å². The quantitative estimate of drug-likeness (QED) is 0.506. The molecule has 0 radical (unpaired) electrons. The lowest BCUT2D eigenvalue weighted by molar-refractivity contribution is -0.179. The standard InChI is InChI=1S/C24H32Cl2O5/c1-22(2,3)30-20(27)18-14-11-17(29-12-13-8-9-15(25)16(26)10-13)24(7,19(14)18)21(28)31-23(4,5)6/h8-10,14,17-19H,11-12H2,1-7H3/t14?,17?,18?,19?,24-/m1/s1. The molecule has 7 heteroatoms. The van der Waals surface area contributed by atoms with E-state index < -0.39 is 16.6 Å². The maximum atomic E-state index is 13.3. The first-order valence-electron chi connectivity index (χ1n) is 10.7. The van der Waals surface area contributed by atoms with E-state index in [1.165, 1.54) is 0 Å². The van der Waals surface area contributed by atoms with Crippen molar-refractivity contribution < 1.29 is 23.8 Å². The summed E-state index contributed by atoms with van der Waals surface area (Å²) < 4.78 is 17.6. The van der Waals surface area contributed by atoms with Crippen LogP contribution < -0.4 is 0 Å². The molecule has 31 heavy (non-hydrogen) atoms. The van der Waals surface area contributed by atoms with Gasteiger partial charge >= 0.3 is 11.9 Å². The van der Waals surface area contributed by atoms with Gasteiger partial charge in [-0.15, -0.1) is 0 Å². The Labute approximate surface area is 194 Å². The zero-order valence-electron chi connectivity index (χ0n) is 19.3. The molecule has 2 saturated carbocycles. The fourth-order valence-electron chi connectivity index (χ4n) is 4.61. The number of halogens is 2. The summed E-state index contributed by atoms with van der Waals surface area (Å²) in [6.07, 6.45) is 0.233. The van der Waals surface area contributed by atoms with Crippen molar-refractivity contribution in [3.63, 3.8) is 0 Å². The Morgan fingerprint density at radius 2 is 1.65 bits per heavy atom. The second-order valence-electron chi connectivity index (χ2n) is 10.8. The van der Waals surface area contributed by atoms with Gasteiger partial charge < -0.3 is 14.2 Å². The van der Waals surface area contributed by atoms with Gasteiger partial charge in [0.25, 0.3) is 0 Å². The summed E-state index contributed by atoms with van der Waals surface area (Å²) in [6, 6.07) is 5.33. The fourth-order valence-corrected chi connectivity index (χ4v) is 4.93. The summed E-state index contributed by atoms with van der Waals surface area (Å²) in [5.74, 6) is -0.998. The van der Waals surface area contributed by atoms with Crippen LogP contribution in [-0.4, -0.2) is 29.2 Å². The zero-order valence-corrected chi connectivity index (χ0v) is 20.8. The molecule has 172 valence electrons. The van der Waals surface area contributed by atoms with E-state index in [9.17, 15) is 9.59 Å². The van der Waals surface area contributed by atoms with Crippen molar-refractivity contribution in [3.05, 3.63) is 33.8 Å². The molecule has 0 spiro atoms. The van der Waals surface area contributed by atoms with E-state index >= 15 is 0 Å². The van der Waals surface area contributed by atoms with Crippen LogP contribution in [0.3, 0.4) is 0 Å². The topological polar surface area (TPSA) is 61.8 Å². The number of carbonyl (C=O) groups excluding carboxylic acids is 2. The highest BCUT2D eigenvalue weighted by Crippen LogP contribution is 2.68. The Morgan fingerprint density at radius 3 is 2.19 bits per heavy atom. The third-order valence-electron chi connectivity index (χ3n) is 5.97. The minimum absolute atomic E-state index is 0.0474. The molecule has 0 heterocycles. The molecule has 0 aliphatic heterocycles. The molecule has 2 fully saturated rings. The maximum Gasteiger partial charge on any atom is 0.315 e. The second-order valence-corrected chi connectivity index (χ2v) is 11.6. The second kappa shape index (κ2) is 8.24. The lowest BCUT2D eigenvalue weighted by Gasteiger charge is -2.35. The molecule has 0 N–H and O–H groups in total. The smallest absolute Gasteiger partial charge is 0.315 e. The fraction of sp³-hybridized carbons (Fsp3) is 0.667. The van der Waals surface area contributed by atoms with E-state index in [1.807, 2.05) is 54.5 Å². The summed E-state index contributed by atoms with van der Waals surface area (Å²) in [6.45, 7) is 13.2. The van der Waals surface area contributed by atoms with Crippen LogP contribution in [-0.2, 0) is 30.4 Å². The Balaban J connectivity index is 1.79. The minimum atomic E-state index is -0.935.